The fourth-order valence-electron chi connectivity index (χ4n) is 3.70. The van der Waals surface area contributed by atoms with Gasteiger partial charge < -0.3 is 9.84 Å². The molecule has 1 aromatic heterocycles. The van der Waals surface area contributed by atoms with Gasteiger partial charge in [0.2, 0.25) is 5.89 Å². The Kier molecular flexibility index (Phi) is 6.00. The predicted molar refractivity (Wildman–Crippen MR) is 114 cm³/mol. The maximum Gasteiger partial charge on any atom is 0.252 e. The first-order chi connectivity index (χ1) is 14.1. The van der Waals surface area contributed by atoms with Gasteiger partial charge in [-0.15, -0.1) is 11.8 Å². The van der Waals surface area contributed by atoms with Crippen LogP contribution in [0.15, 0.2) is 51.9 Å². The van der Waals surface area contributed by atoms with Gasteiger partial charge in [-0.2, -0.15) is 4.98 Å². The van der Waals surface area contributed by atoms with Crippen molar-refractivity contribution in [3.05, 3.63) is 76.4 Å². The Morgan fingerprint density at radius 1 is 1.17 bits per heavy atom. The normalized spacial score (nSPS) is 14.3. The van der Waals surface area contributed by atoms with Crippen LogP contribution in [0.25, 0.3) is 0 Å². The number of nitrogens with one attached hydrogen (secondary N) is 1. The topological polar surface area (TPSA) is 68.0 Å². The Morgan fingerprint density at radius 3 is 2.76 bits per heavy atom. The van der Waals surface area contributed by atoms with Gasteiger partial charge in [-0.3, -0.25) is 4.79 Å². The number of thioether (sulfide) groups is 1. The molecule has 1 aliphatic rings. The average Bonchev–Trinajstić information content (AvgIpc) is 3.17. The van der Waals surface area contributed by atoms with E-state index in [2.05, 4.69) is 33.7 Å². The van der Waals surface area contributed by atoms with E-state index in [-0.39, 0.29) is 11.9 Å². The zero-order valence-corrected chi connectivity index (χ0v) is 17.6. The molecule has 0 aliphatic heterocycles. The molecule has 1 amide bonds. The van der Waals surface area contributed by atoms with Gasteiger partial charge in [0.1, 0.15) is 0 Å². The van der Waals surface area contributed by atoms with E-state index in [0.29, 0.717) is 23.0 Å². The van der Waals surface area contributed by atoms with E-state index in [1.807, 2.05) is 31.2 Å². The summed E-state index contributed by atoms with van der Waals surface area (Å²) in [6, 6.07) is 14.2. The Bertz CT molecular complexity index is 1010. The fourth-order valence-corrected chi connectivity index (χ4v) is 4.59. The Balaban J connectivity index is 1.45. The lowest BCUT2D eigenvalue weighted by atomic mass is 9.89. The van der Waals surface area contributed by atoms with Crippen LogP contribution in [0.1, 0.15) is 64.6 Å². The van der Waals surface area contributed by atoms with E-state index in [9.17, 15) is 4.79 Å². The zero-order valence-electron chi connectivity index (χ0n) is 16.8. The standard InChI is InChI=1S/C23H25N3O2S/c1-15(18-12-11-17-7-3-4-8-19(17)13-18)24-23(27)20-9-5-6-10-21(20)29-14-22-25-16(2)26-28-22/h5-6,9-13,15H,3-4,7-8,14H2,1-2H3,(H,24,27)/t15-/m0/s1. The summed E-state index contributed by atoms with van der Waals surface area (Å²) in [7, 11) is 0. The Morgan fingerprint density at radius 2 is 1.97 bits per heavy atom. The Labute approximate surface area is 175 Å². The molecule has 1 N–H and O–H groups in total. The number of aryl methyl sites for hydroxylation is 3. The molecule has 5 nitrogen and oxygen atoms in total. The number of benzene rings is 2. The maximum atomic E-state index is 13.0. The predicted octanol–water partition coefficient (Wildman–Crippen LogP) is 5.04. The van der Waals surface area contributed by atoms with Gasteiger partial charge in [-0.25, -0.2) is 0 Å². The lowest BCUT2D eigenvalue weighted by Crippen LogP contribution is -2.27. The van der Waals surface area contributed by atoms with Crippen LogP contribution in [0.2, 0.25) is 0 Å². The second-order valence-corrected chi connectivity index (χ2v) is 8.47. The summed E-state index contributed by atoms with van der Waals surface area (Å²) in [6.07, 6.45) is 4.83. The number of carbonyl (C=O) groups excluding carboxylic acids is 1. The van der Waals surface area contributed by atoms with Gasteiger partial charge >= 0.3 is 0 Å². The monoisotopic (exact) mass is 407 g/mol. The van der Waals surface area contributed by atoms with E-state index in [0.717, 1.165) is 16.9 Å². The highest BCUT2D eigenvalue weighted by Crippen LogP contribution is 2.28. The molecule has 1 heterocycles. The maximum absolute atomic E-state index is 13.0. The molecule has 0 saturated heterocycles. The zero-order chi connectivity index (χ0) is 20.2. The number of amides is 1. The number of nitrogens with zero attached hydrogens (tertiary/aromatic N) is 2. The highest BCUT2D eigenvalue weighted by Gasteiger charge is 2.17. The van der Waals surface area contributed by atoms with Crippen LogP contribution < -0.4 is 5.32 Å². The summed E-state index contributed by atoms with van der Waals surface area (Å²) < 4.78 is 5.17. The number of hydrogen-bond acceptors (Lipinski definition) is 5. The van der Waals surface area contributed by atoms with Gasteiger partial charge in [0.25, 0.3) is 5.91 Å². The molecule has 1 aliphatic carbocycles. The van der Waals surface area contributed by atoms with E-state index >= 15 is 0 Å². The van der Waals surface area contributed by atoms with Crippen molar-refractivity contribution in [1.82, 2.24) is 15.5 Å². The van der Waals surface area contributed by atoms with Crippen LogP contribution in [0.3, 0.4) is 0 Å². The first-order valence-electron chi connectivity index (χ1n) is 10.0. The molecular weight excluding hydrogens is 382 g/mol. The van der Waals surface area contributed by atoms with Crippen molar-refractivity contribution in [2.45, 2.75) is 56.2 Å². The summed E-state index contributed by atoms with van der Waals surface area (Å²) in [5, 5.41) is 6.97. The highest BCUT2D eigenvalue weighted by atomic mass is 32.2. The Hall–Kier alpha value is -2.60. The van der Waals surface area contributed by atoms with Gasteiger partial charge in [0.15, 0.2) is 5.82 Å². The van der Waals surface area contributed by atoms with Crippen LogP contribution in [0.5, 0.6) is 0 Å². The summed E-state index contributed by atoms with van der Waals surface area (Å²) >= 11 is 1.53. The van der Waals surface area contributed by atoms with E-state index < -0.39 is 0 Å². The van der Waals surface area contributed by atoms with Crippen LogP contribution in [-0.2, 0) is 18.6 Å². The molecule has 0 radical (unpaired) electrons. The molecule has 6 heteroatoms. The van der Waals surface area contributed by atoms with Gasteiger partial charge in [0.05, 0.1) is 17.4 Å². The number of rotatable bonds is 6. The van der Waals surface area contributed by atoms with Gasteiger partial charge in [-0.1, -0.05) is 35.5 Å². The molecule has 0 fully saturated rings. The third-order valence-electron chi connectivity index (χ3n) is 5.27. The summed E-state index contributed by atoms with van der Waals surface area (Å²) in [5.41, 5.74) is 4.71. The number of aromatic nitrogens is 2. The number of hydrogen-bond donors (Lipinski definition) is 1. The first-order valence-corrected chi connectivity index (χ1v) is 11.0. The van der Waals surface area contributed by atoms with Crippen molar-refractivity contribution in [3.8, 4) is 0 Å². The smallest absolute Gasteiger partial charge is 0.252 e. The molecule has 29 heavy (non-hydrogen) atoms. The molecule has 2 aromatic carbocycles. The van der Waals surface area contributed by atoms with Crippen LogP contribution in [-0.4, -0.2) is 16.0 Å². The van der Waals surface area contributed by atoms with E-state index in [1.54, 1.807) is 6.92 Å². The molecule has 0 spiro atoms. The van der Waals surface area contributed by atoms with Crippen molar-refractivity contribution in [3.63, 3.8) is 0 Å². The van der Waals surface area contributed by atoms with Gasteiger partial charge in [-0.05, 0) is 68.4 Å². The van der Waals surface area contributed by atoms with Crippen molar-refractivity contribution in [2.24, 2.45) is 0 Å². The molecule has 3 aromatic rings. The minimum Gasteiger partial charge on any atom is -0.345 e. The molecule has 0 bridgehead atoms. The summed E-state index contributed by atoms with van der Waals surface area (Å²) in [5.74, 6) is 1.64. The second-order valence-electron chi connectivity index (χ2n) is 7.45. The minimum atomic E-state index is -0.0694. The lowest BCUT2D eigenvalue weighted by Gasteiger charge is -2.20. The van der Waals surface area contributed by atoms with E-state index in [4.69, 9.17) is 4.52 Å². The second kappa shape index (κ2) is 8.82. The molecule has 150 valence electrons. The molecule has 0 saturated carbocycles. The first kappa shape index (κ1) is 19.7. The number of carbonyl (C=O) groups is 1. The largest absolute Gasteiger partial charge is 0.345 e. The summed E-state index contributed by atoms with van der Waals surface area (Å²) in [4.78, 5) is 18.1. The molecule has 4 rings (SSSR count). The third kappa shape index (κ3) is 4.70. The van der Waals surface area contributed by atoms with Crippen molar-refractivity contribution < 1.29 is 9.32 Å². The minimum absolute atomic E-state index is 0.0497. The van der Waals surface area contributed by atoms with Crippen LogP contribution >= 0.6 is 11.8 Å². The number of fused-ring (bicyclic) bond motifs is 1. The van der Waals surface area contributed by atoms with Crippen molar-refractivity contribution in [1.29, 1.82) is 0 Å². The third-order valence-corrected chi connectivity index (χ3v) is 6.33. The average molecular weight is 408 g/mol. The quantitative estimate of drug-likeness (QED) is 0.580. The fraction of sp³-hybridized carbons (Fsp3) is 0.348. The van der Waals surface area contributed by atoms with Crippen LogP contribution in [0, 0.1) is 6.92 Å². The molecule has 0 unspecified atom stereocenters. The SMILES string of the molecule is Cc1noc(CSc2ccccc2C(=O)N[C@@H](C)c2ccc3c(c2)CCCC3)n1. The highest BCUT2D eigenvalue weighted by molar-refractivity contribution is 7.98. The van der Waals surface area contributed by atoms with Gasteiger partial charge in [0, 0.05) is 4.90 Å². The molecular formula is C23H25N3O2S. The summed E-state index contributed by atoms with van der Waals surface area (Å²) in [6.45, 7) is 3.83. The van der Waals surface area contributed by atoms with Crippen molar-refractivity contribution >= 4 is 17.7 Å². The van der Waals surface area contributed by atoms with Crippen molar-refractivity contribution in [2.75, 3.05) is 0 Å². The molecule has 1 atom stereocenters. The van der Waals surface area contributed by atoms with E-state index in [1.165, 1.54) is 42.2 Å². The van der Waals surface area contributed by atoms with Crippen LogP contribution in [0.4, 0.5) is 0 Å². The lowest BCUT2D eigenvalue weighted by molar-refractivity contribution is 0.0937.